The molecule has 1 heterocycles. The molecular weight excluding hydrogens is 739 g/mol. The highest BCUT2D eigenvalue weighted by molar-refractivity contribution is 5.80. The van der Waals surface area contributed by atoms with E-state index in [1.807, 2.05) is 12.2 Å². The van der Waals surface area contributed by atoms with E-state index in [1.165, 1.54) is 141 Å². The molecule has 58 heavy (non-hydrogen) atoms. The highest BCUT2D eigenvalue weighted by Crippen LogP contribution is 2.23. The van der Waals surface area contributed by atoms with Crippen molar-refractivity contribution in [1.29, 1.82) is 0 Å². The van der Waals surface area contributed by atoms with Crippen LogP contribution in [0.3, 0.4) is 0 Å². The van der Waals surface area contributed by atoms with E-state index >= 15 is 0 Å². The fraction of sp³-hybridized carbons (Fsp3) is 0.936. The van der Waals surface area contributed by atoms with Gasteiger partial charge in [0.1, 0.15) is 36.6 Å². The third-order valence-corrected chi connectivity index (χ3v) is 11.8. The van der Waals surface area contributed by atoms with E-state index in [0.717, 1.165) is 38.5 Å². The number of amides is 1. The number of aliphatic hydroxyl groups excluding tert-OH is 7. The summed E-state index contributed by atoms with van der Waals surface area (Å²) in [6.45, 7) is 3.41. The van der Waals surface area contributed by atoms with Gasteiger partial charge in [0.2, 0.25) is 5.91 Å². The van der Waals surface area contributed by atoms with E-state index in [4.69, 9.17) is 9.47 Å². The SMILES string of the molecule is CCCCCCCCCCC/C=C/C[C@@H](O)[C@@H](O)[C@H](CO[C@@H]1O[C@H](CO)[C@H](O)[C@H](O)[C@H]1O)NC(=O)[C@H](O)CCCCCCCCCCCCCCCCCCCCC. The van der Waals surface area contributed by atoms with Crippen molar-refractivity contribution < 1.29 is 50.0 Å². The first-order valence-corrected chi connectivity index (χ1v) is 24.1. The summed E-state index contributed by atoms with van der Waals surface area (Å²) in [6, 6.07) is -1.19. The molecule has 0 aromatic carbocycles. The lowest BCUT2D eigenvalue weighted by molar-refractivity contribution is -0.303. The first kappa shape index (κ1) is 54.9. The Kier molecular flexibility index (Phi) is 35.6. The molecule has 11 heteroatoms. The van der Waals surface area contributed by atoms with Crippen LogP contribution in [0.25, 0.3) is 0 Å². The molecule has 1 aliphatic rings. The molecule has 0 unspecified atom stereocenters. The fourth-order valence-corrected chi connectivity index (χ4v) is 7.79. The molecule has 11 nitrogen and oxygen atoms in total. The Labute approximate surface area is 353 Å². The van der Waals surface area contributed by atoms with Crippen molar-refractivity contribution in [2.75, 3.05) is 13.2 Å². The number of unbranched alkanes of at least 4 members (excludes halogenated alkanes) is 27. The Hall–Kier alpha value is -1.15. The maximum absolute atomic E-state index is 13.1. The van der Waals surface area contributed by atoms with Crippen LogP contribution in [0.2, 0.25) is 0 Å². The molecule has 9 atom stereocenters. The molecule has 1 amide bonds. The molecule has 0 spiro atoms. The molecule has 1 saturated heterocycles. The Morgan fingerprint density at radius 2 is 1.03 bits per heavy atom. The van der Waals surface area contributed by atoms with E-state index in [2.05, 4.69) is 19.2 Å². The molecule has 1 aliphatic heterocycles. The van der Waals surface area contributed by atoms with Crippen LogP contribution in [-0.2, 0) is 14.3 Å². The minimum absolute atomic E-state index is 0.132. The van der Waals surface area contributed by atoms with Crippen molar-refractivity contribution in [3.63, 3.8) is 0 Å². The average Bonchev–Trinajstić information content (AvgIpc) is 3.22. The highest BCUT2D eigenvalue weighted by Gasteiger charge is 2.44. The number of ether oxygens (including phenoxy) is 2. The van der Waals surface area contributed by atoms with Gasteiger partial charge in [-0.25, -0.2) is 0 Å². The lowest BCUT2D eigenvalue weighted by Gasteiger charge is -2.40. The van der Waals surface area contributed by atoms with Crippen molar-refractivity contribution >= 4 is 5.91 Å². The number of carbonyl (C=O) groups is 1. The van der Waals surface area contributed by atoms with Crippen LogP contribution in [0.5, 0.6) is 0 Å². The largest absolute Gasteiger partial charge is 0.394 e. The van der Waals surface area contributed by atoms with Gasteiger partial charge in [-0.1, -0.05) is 199 Å². The summed E-state index contributed by atoms with van der Waals surface area (Å²) < 4.78 is 11.1. The predicted molar refractivity (Wildman–Crippen MR) is 233 cm³/mol. The van der Waals surface area contributed by atoms with Gasteiger partial charge in [0.25, 0.3) is 0 Å². The summed E-state index contributed by atoms with van der Waals surface area (Å²) in [5.41, 5.74) is 0. The Bertz CT molecular complexity index is 954. The predicted octanol–water partition coefficient (Wildman–Crippen LogP) is 8.06. The highest BCUT2D eigenvalue weighted by atomic mass is 16.7. The van der Waals surface area contributed by atoms with Crippen molar-refractivity contribution in [2.45, 2.75) is 268 Å². The van der Waals surface area contributed by atoms with Crippen molar-refractivity contribution in [2.24, 2.45) is 0 Å². The smallest absolute Gasteiger partial charge is 0.249 e. The maximum atomic E-state index is 13.1. The number of rotatable bonds is 40. The van der Waals surface area contributed by atoms with Gasteiger partial charge in [0, 0.05) is 0 Å². The third kappa shape index (κ3) is 26.9. The van der Waals surface area contributed by atoms with Crippen LogP contribution in [-0.4, -0.2) is 110 Å². The second-order valence-corrected chi connectivity index (χ2v) is 17.2. The molecular formula is C47H91NO10. The minimum Gasteiger partial charge on any atom is -0.394 e. The maximum Gasteiger partial charge on any atom is 0.249 e. The second-order valence-electron chi connectivity index (χ2n) is 17.2. The summed E-state index contributed by atoms with van der Waals surface area (Å²) in [4.78, 5) is 13.1. The Morgan fingerprint density at radius 1 is 0.603 bits per heavy atom. The number of hydrogen-bond donors (Lipinski definition) is 8. The van der Waals surface area contributed by atoms with Gasteiger partial charge in [-0.3, -0.25) is 4.79 Å². The first-order chi connectivity index (χ1) is 28.2. The summed E-state index contributed by atoms with van der Waals surface area (Å²) >= 11 is 0. The van der Waals surface area contributed by atoms with Gasteiger partial charge in [0.05, 0.1) is 25.4 Å². The fourth-order valence-electron chi connectivity index (χ4n) is 7.79. The number of carbonyl (C=O) groups excluding carboxylic acids is 1. The lowest BCUT2D eigenvalue weighted by Crippen LogP contribution is -2.60. The van der Waals surface area contributed by atoms with Gasteiger partial charge in [-0.2, -0.15) is 0 Å². The minimum atomic E-state index is -1.67. The van der Waals surface area contributed by atoms with E-state index in [0.29, 0.717) is 6.42 Å². The average molecular weight is 830 g/mol. The molecule has 0 aromatic heterocycles. The van der Waals surface area contributed by atoms with Gasteiger partial charge in [-0.15, -0.1) is 0 Å². The number of allylic oxidation sites excluding steroid dienone is 1. The lowest BCUT2D eigenvalue weighted by atomic mass is 9.99. The number of nitrogens with one attached hydrogen (secondary N) is 1. The van der Waals surface area contributed by atoms with Crippen LogP contribution in [0.4, 0.5) is 0 Å². The van der Waals surface area contributed by atoms with Crippen LogP contribution in [0.1, 0.15) is 213 Å². The topological polar surface area (TPSA) is 189 Å². The van der Waals surface area contributed by atoms with E-state index in [9.17, 15) is 40.5 Å². The van der Waals surface area contributed by atoms with E-state index in [1.54, 1.807) is 0 Å². The summed E-state index contributed by atoms with van der Waals surface area (Å²) in [5.74, 6) is -0.711. The van der Waals surface area contributed by atoms with Crippen LogP contribution in [0.15, 0.2) is 12.2 Å². The monoisotopic (exact) mass is 830 g/mol. The van der Waals surface area contributed by atoms with Gasteiger partial charge in [-0.05, 0) is 25.7 Å². The van der Waals surface area contributed by atoms with Crippen molar-refractivity contribution in [3.05, 3.63) is 12.2 Å². The zero-order valence-corrected chi connectivity index (χ0v) is 37.0. The second kappa shape index (κ2) is 37.6. The Morgan fingerprint density at radius 3 is 1.48 bits per heavy atom. The molecule has 1 fully saturated rings. The van der Waals surface area contributed by atoms with Crippen molar-refractivity contribution in [3.8, 4) is 0 Å². The van der Waals surface area contributed by atoms with E-state index < -0.39 is 74.2 Å². The molecule has 0 bridgehead atoms. The van der Waals surface area contributed by atoms with Gasteiger partial charge in [0.15, 0.2) is 6.29 Å². The standard InChI is InChI=1S/C47H91NO10/c1-3-5-7-9-11-13-15-17-18-19-20-21-22-23-25-27-29-31-33-35-40(51)46(56)48-38(37-57-47-45(55)44(54)43(53)41(36-49)58-47)42(52)39(50)34-32-30-28-26-24-16-14-12-10-8-6-4-2/h30,32,38-45,47,49-55H,3-29,31,33-37H2,1-2H3,(H,48,56)/b32-30+/t38-,39+,40+,41+,42-,43-,44-,45+,47+/m0/s1. The summed E-state index contributed by atoms with van der Waals surface area (Å²) in [6.07, 6.45) is 28.5. The van der Waals surface area contributed by atoms with Crippen LogP contribution < -0.4 is 5.32 Å². The van der Waals surface area contributed by atoms with E-state index in [-0.39, 0.29) is 12.8 Å². The van der Waals surface area contributed by atoms with Gasteiger partial charge >= 0.3 is 0 Å². The molecule has 0 aromatic rings. The summed E-state index contributed by atoms with van der Waals surface area (Å²) in [5, 5.41) is 75.5. The zero-order chi connectivity index (χ0) is 42.6. The number of hydrogen-bond acceptors (Lipinski definition) is 10. The van der Waals surface area contributed by atoms with Gasteiger partial charge < -0.3 is 50.5 Å². The molecule has 0 aliphatic carbocycles. The molecule has 0 radical (unpaired) electrons. The quantitative estimate of drug-likeness (QED) is 0.0222. The zero-order valence-electron chi connectivity index (χ0n) is 37.0. The molecule has 0 saturated carbocycles. The number of aliphatic hydroxyl groups is 7. The first-order valence-electron chi connectivity index (χ1n) is 24.1. The molecule has 344 valence electrons. The normalized spacial score (nSPS) is 22.0. The third-order valence-electron chi connectivity index (χ3n) is 11.8. The molecule has 8 N–H and O–H groups in total. The Balaban J connectivity index is 2.42. The molecule has 1 rings (SSSR count). The van der Waals surface area contributed by atoms with Crippen molar-refractivity contribution in [1.82, 2.24) is 5.32 Å². The van der Waals surface area contributed by atoms with Crippen LogP contribution >= 0.6 is 0 Å². The summed E-state index contributed by atoms with van der Waals surface area (Å²) in [7, 11) is 0. The van der Waals surface area contributed by atoms with Crippen LogP contribution in [0, 0.1) is 0 Å².